The highest BCUT2D eigenvalue weighted by Crippen LogP contribution is 2.27. The average molecular weight is 223 g/mol. The normalized spacial score (nSPS) is 9.20. The Morgan fingerprint density at radius 2 is 2.13 bits per heavy atom. The number of ether oxygens (including phenoxy) is 2. The van der Waals surface area contributed by atoms with E-state index in [9.17, 15) is 4.79 Å². The monoisotopic (exact) mass is 223 g/mol. The van der Waals surface area contributed by atoms with Crippen LogP contribution in [0.15, 0.2) is 17.0 Å². The van der Waals surface area contributed by atoms with Gasteiger partial charge in [0.15, 0.2) is 0 Å². The van der Waals surface area contributed by atoms with Gasteiger partial charge in [-0.3, -0.25) is 0 Å². The fourth-order valence-corrected chi connectivity index (χ4v) is 1.47. The number of rotatable bonds is 2. The average Bonchev–Trinajstić information content (AvgIpc) is 2.26. The fraction of sp³-hybridized carbons (Fsp3) is 0.200. The van der Waals surface area contributed by atoms with Crippen molar-refractivity contribution in [3.8, 4) is 11.8 Å². The van der Waals surface area contributed by atoms with Gasteiger partial charge in [-0.25, -0.2) is 4.79 Å². The van der Waals surface area contributed by atoms with Crippen LogP contribution in [0.1, 0.15) is 15.9 Å². The molecule has 78 valence electrons. The molecule has 0 heterocycles. The van der Waals surface area contributed by atoms with E-state index in [1.165, 1.54) is 26.4 Å². The third-order valence-electron chi connectivity index (χ3n) is 1.82. The number of carbonyl (C=O) groups excluding carboxylic acids is 1. The molecule has 5 heteroatoms. The molecule has 0 bridgehead atoms. The van der Waals surface area contributed by atoms with Crippen LogP contribution in [0.3, 0.4) is 0 Å². The van der Waals surface area contributed by atoms with Gasteiger partial charge in [0.1, 0.15) is 11.3 Å². The highest BCUT2D eigenvalue weighted by atomic mass is 32.1. The van der Waals surface area contributed by atoms with Gasteiger partial charge in [0.2, 0.25) is 0 Å². The number of hydrogen-bond donors (Lipinski definition) is 1. The lowest BCUT2D eigenvalue weighted by molar-refractivity contribution is 0.0593. The molecular weight excluding hydrogens is 214 g/mol. The van der Waals surface area contributed by atoms with Crippen molar-refractivity contribution in [3.05, 3.63) is 23.3 Å². The van der Waals surface area contributed by atoms with Gasteiger partial charge in [-0.1, -0.05) is 0 Å². The van der Waals surface area contributed by atoms with Crippen molar-refractivity contribution in [2.24, 2.45) is 0 Å². The van der Waals surface area contributed by atoms with E-state index in [1.54, 1.807) is 0 Å². The van der Waals surface area contributed by atoms with Gasteiger partial charge in [-0.2, -0.15) is 5.26 Å². The highest BCUT2D eigenvalue weighted by molar-refractivity contribution is 7.80. The highest BCUT2D eigenvalue weighted by Gasteiger charge is 2.17. The van der Waals surface area contributed by atoms with Crippen molar-refractivity contribution in [2.75, 3.05) is 14.2 Å². The quantitative estimate of drug-likeness (QED) is 0.611. The third-order valence-corrected chi connectivity index (χ3v) is 2.17. The number of nitriles is 1. The van der Waals surface area contributed by atoms with Gasteiger partial charge in [0.05, 0.1) is 25.9 Å². The van der Waals surface area contributed by atoms with Crippen LogP contribution in [0.4, 0.5) is 0 Å². The second kappa shape index (κ2) is 4.71. The molecule has 1 aromatic carbocycles. The van der Waals surface area contributed by atoms with Crippen molar-refractivity contribution < 1.29 is 14.3 Å². The first-order valence-electron chi connectivity index (χ1n) is 4.03. The standard InChI is InChI=1S/C10H9NO3S/c1-13-7-3-6(5-11)4-8(15)9(7)10(12)14-2/h3-4,15H,1-2H3. The lowest BCUT2D eigenvalue weighted by atomic mass is 10.1. The molecule has 0 aliphatic carbocycles. The molecular formula is C10H9NO3S. The number of hydrogen-bond acceptors (Lipinski definition) is 5. The molecule has 0 unspecified atom stereocenters. The van der Waals surface area contributed by atoms with E-state index < -0.39 is 5.97 Å². The predicted octanol–water partition coefficient (Wildman–Crippen LogP) is 1.64. The Morgan fingerprint density at radius 3 is 2.60 bits per heavy atom. The lowest BCUT2D eigenvalue weighted by Crippen LogP contribution is -2.05. The summed E-state index contributed by atoms with van der Waals surface area (Å²) < 4.78 is 9.57. The van der Waals surface area contributed by atoms with E-state index in [-0.39, 0.29) is 11.3 Å². The maximum Gasteiger partial charge on any atom is 0.342 e. The van der Waals surface area contributed by atoms with E-state index in [4.69, 9.17) is 10.00 Å². The van der Waals surface area contributed by atoms with Crippen molar-refractivity contribution in [1.82, 2.24) is 0 Å². The first kappa shape index (κ1) is 11.4. The Labute approximate surface area is 92.8 Å². The SMILES string of the molecule is COC(=O)c1c(S)cc(C#N)cc1OC. The van der Waals surface area contributed by atoms with Crippen LogP contribution in [0.25, 0.3) is 0 Å². The fourth-order valence-electron chi connectivity index (χ4n) is 1.13. The van der Waals surface area contributed by atoms with E-state index in [0.717, 1.165) is 0 Å². The Balaban J connectivity index is 3.39. The van der Waals surface area contributed by atoms with Crippen molar-refractivity contribution >= 4 is 18.6 Å². The molecule has 0 amide bonds. The largest absolute Gasteiger partial charge is 0.496 e. The van der Waals surface area contributed by atoms with Crippen LogP contribution in [-0.2, 0) is 4.74 Å². The summed E-state index contributed by atoms with van der Waals surface area (Å²) in [5, 5.41) is 8.71. The van der Waals surface area contributed by atoms with Gasteiger partial charge in [-0.15, -0.1) is 12.6 Å². The van der Waals surface area contributed by atoms with Gasteiger partial charge in [0.25, 0.3) is 0 Å². The minimum Gasteiger partial charge on any atom is -0.496 e. The Hall–Kier alpha value is -1.67. The summed E-state index contributed by atoms with van der Waals surface area (Å²) >= 11 is 4.11. The van der Waals surface area contributed by atoms with Crippen molar-refractivity contribution in [1.29, 1.82) is 5.26 Å². The first-order chi connectivity index (χ1) is 7.13. The van der Waals surface area contributed by atoms with Crippen molar-refractivity contribution in [2.45, 2.75) is 4.90 Å². The minimum atomic E-state index is -0.540. The molecule has 4 nitrogen and oxygen atoms in total. The Kier molecular flexibility index (Phi) is 3.58. The Bertz CT molecular complexity index is 437. The topological polar surface area (TPSA) is 59.3 Å². The molecule has 0 saturated carbocycles. The number of benzene rings is 1. The summed E-state index contributed by atoms with van der Waals surface area (Å²) in [6, 6.07) is 4.89. The zero-order valence-electron chi connectivity index (χ0n) is 8.27. The molecule has 0 aliphatic heterocycles. The van der Waals surface area contributed by atoms with E-state index in [1.807, 2.05) is 6.07 Å². The summed E-state index contributed by atoms with van der Waals surface area (Å²) in [6.07, 6.45) is 0. The molecule has 0 radical (unpaired) electrons. The molecule has 15 heavy (non-hydrogen) atoms. The summed E-state index contributed by atoms with van der Waals surface area (Å²) in [4.78, 5) is 11.7. The molecule has 0 aliphatic rings. The van der Waals surface area contributed by atoms with E-state index in [2.05, 4.69) is 17.4 Å². The van der Waals surface area contributed by atoms with Gasteiger partial charge in [-0.05, 0) is 12.1 Å². The van der Waals surface area contributed by atoms with Crippen molar-refractivity contribution in [3.63, 3.8) is 0 Å². The molecule has 0 fully saturated rings. The summed E-state index contributed by atoms with van der Waals surface area (Å²) in [5.74, 6) is -0.257. The second-order valence-corrected chi connectivity index (χ2v) is 3.16. The number of esters is 1. The number of carbonyl (C=O) groups is 1. The smallest absolute Gasteiger partial charge is 0.342 e. The third kappa shape index (κ3) is 2.22. The molecule has 1 rings (SSSR count). The van der Waals surface area contributed by atoms with Crippen LogP contribution in [0.5, 0.6) is 5.75 Å². The summed E-state index contributed by atoms with van der Waals surface area (Å²) in [5.41, 5.74) is 0.604. The molecule has 0 spiro atoms. The van der Waals surface area contributed by atoms with Crippen LogP contribution in [0.2, 0.25) is 0 Å². The van der Waals surface area contributed by atoms with Gasteiger partial charge >= 0.3 is 5.97 Å². The zero-order valence-corrected chi connectivity index (χ0v) is 9.17. The molecule has 0 aromatic heterocycles. The van der Waals surface area contributed by atoms with E-state index in [0.29, 0.717) is 10.5 Å². The van der Waals surface area contributed by atoms with Crippen LogP contribution in [-0.4, -0.2) is 20.2 Å². The number of thiol groups is 1. The Morgan fingerprint density at radius 1 is 1.47 bits per heavy atom. The van der Waals surface area contributed by atoms with Crippen LogP contribution < -0.4 is 4.74 Å². The minimum absolute atomic E-state index is 0.224. The zero-order chi connectivity index (χ0) is 11.4. The molecule has 0 atom stereocenters. The second-order valence-electron chi connectivity index (χ2n) is 2.68. The van der Waals surface area contributed by atoms with Gasteiger partial charge in [0, 0.05) is 4.90 Å². The van der Waals surface area contributed by atoms with E-state index >= 15 is 0 Å². The summed E-state index contributed by atoms with van der Waals surface area (Å²) in [7, 11) is 2.68. The van der Waals surface area contributed by atoms with Crippen LogP contribution in [0, 0.1) is 11.3 Å². The first-order valence-corrected chi connectivity index (χ1v) is 4.48. The molecule has 0 saturated heterocycles. The lowest BCUT2D eigenvalue weighted by Gasteiger charge is -2.09. The molecule has 0 N–H and O–H groups in total. The maximum absolute atomic E-state index is 11.4. The number of methoxy groups -OCH3 is 2. The predicted molar refractivity (Wildman–Crippen MR) is 56.3 cm³/mol. The molecule has 1 aromatic rings. The number of nitrogens with zero attached hydrogens (tertiary/aromatic N) is 1. The maximum atomic E-state index is 11.4. The van der Waals surface area contributed by atoms with Gasteiger partial charge < -0.3 is 9.47 Å². The summed E-state index contributed by atoms with van der Waals surface area (Å²) in [6.45, 7) is 0. The van der Waals surface area contributed by atoms with Crippen LogP contribution >= 0.6 is 12.6 Å².